The van der Waals surface area contributed by atoms with Gasteiger partial charge in [0.2, 0.25) is 0 Å². The molecular formula is C17H26O3. The average Bonchev–Trinajstić information content (AvgIpc) is 2.46. The minimum absolute atomic E-state index is 0.243. The fourth-order valence-electron chi connectivity index (χ4n) is 2.46. The zero-order valence-corrected chi connectivity index (χ0v) is 12.6. The van der Waals surface area contributed by atoms with Crippen molar-refractivity contribution < 1.29 is 14.2 Å². The SMILES string of the molecule is CC(C)OCCOc1ccccc1OC1CCCCC1. The Bertz CT molecular complexity index is 384. The quantitative estimate of drug-likeness (QED) is 0.700. The van der Waals surface area contributed by atoms with Crippen LogP contribution in [-0.4, -0.2) is 25.4 Å². The molecule has 1 aliphatic carbocycles. The van der Waals surface area contributed by atoms with Crippen LogP contribution in [0.5, 0.6) is 11.5 Å². The molecule has 3 nitrogen and oxygen atoms in total. The van der Waals surface area contributed by atoms with Gasteiger partial charge in [-0.15, -0.1) is 0 Å². The highest BCUT2D eigenvalue weighted by molar-refractivity contribution is 5.39. The molecule has 0 unspecified atom stereocenters. The molecule has 1 aromatic rings. The summed E-state index contributed by atoms with van der Waals surface area (Å²) in [5.74, 6) is 1.69. The van der Waals surface area contributed by atoms with Crippen LogP contribution in [0.2, 0.25) is 0 Å². The van der Waals surface area contributed by atoms with Gasteiger partial charge >= 0.3 is 0 Å². The van der Waals surface area contributed by atoms with E-state index in [1.165, 1.54) is 19.3 Å². The lowest BCUT2D eigenvalue weighted by molar-refractivity contribution is 0.0536. The maximum atomic E-state index is 6.10. The van der Waals surface area contributed by atoms with Crippen molar-refractivity contribution in [3.63, 3.8) is 0 Å². The molecule has 0 aliphatic heterocycles. The monoisotopic (exact) mass is 278 g/mol. The first-order valence-corrected chi connectivity index (χ1v) is 7.76. The average molecular weight is 278 g/mol. The van der Waals surface area contributed by atoms with Gasteiger partial charge in [-0.25, -0.2) is 0 Å². The molecule has 0 spiro atoms. The molecule has 0 heterocycles. The van der Waals surface area contributed by atoms with Crippen molar-refractivity contribution in [1.82, 2.24) is 0 Å². The van der Waals surface area contributed by atoms with Gasteiger partial charge in [-0.1, -0.05) is 18.6 Å². The molecule has 0 aromatic heterocycles. The van der Waals surface area contributed by atoms with E-state index in [4.69, 9.17) is 14.2 Å². The summed E-state index contributed by atoms with van der Waals surface area (Å²) in [5, 5.41) is 0. The zero-order chi connectivity index (χ0) is 14.2. The summed E-state index contributed by atoms with van der Waals surface area (Å²) in [6, 6.07) is 7.93. The van der Waals surface area contributed by atoms with E-state index in [2.05, 4.69) is 0 Å². The van der Waals surface area contributed by atoms with Gasteiger partial charge in [0.1, 0.15) is 6.61 Å². The van der Waals surface area contributed by atoms with Crippen molar-refractivity contribution >= 4 is 0 Å². The first-order chi connectivity index (χ1) is 9.75. The number of para-hydroxylation sites is 2. The zero-order valence-electron chi connectivity index (χ0n) is 12.6. The molecule has 0 saturated heterocycles. The Labute approximate surface area is 122 Å². The molecule has 112 valence electrons. The highest BCUT2D eigenvalue weighted by atomic mass is 16.5. The third-order valence-corrected chi connectivity index (χ3v) is 3.49. The fourth-order valence-corrected chi connectivity index (χ4v) is 2.46. The topological polar surface area (TPSA) is 27.7 Å². The van der Waals surface area contributed by atoms with E-state index in [1.807, 2.05) is 38.1 Å². The molecule has 1 aliphatic rings. The summed E-state index contributed by atoms with van der Waals surface area (Å²) in [4.78, 5) is 0. The fraction of sp³-hybridized carbons (Fsp3) is 0.647. The van der Waals surface area contributed by atoms with Crippen LogP contribution < -0.4 is 9.47 Å². The molecule has 1 aromatic carbocycles. The number of ether oxygens (including phenoxy) is 3. The minimum atomic E-state index is 0.243. The van der Waals surface area contributed by atoms with Crippen LogP contribution in [0.25, 0.3) is 0 Å². The van der Waals surface area contributed by atoms with Crippen molar-refractivity contribution in [3.8, 4) is 11.5 Å². The predicted octanol–water partition coefficient (Wildman–Crippen LogP) is 4.20. The second-order valence-electron chi connectivity index (χ2n) is 5.59. The Kier molecular flexibility index (Phi) is 6.19. The summed E-state index contributed by atoms with van der Waals surface area (Å²) < 4.78 is 17.4. The second-order valence-corrected chi connectivity index (χ2v) is 5.59. The molecule has 0 radical (unpaired) electrons. The predicted molar refractivity (Wildman–Crippen MR) is 80.5 cm³/mol. The third-order valence-electron chi connectivity index (χ3n) is 3.49. The Morgan fingerprint density at radius 2 is 1.70 bits per heavy atom. The van der Waals surface area contributed by atoms with Gasteiger partial charge in [0.05, 0.1) is 18.8 Å². The molecule has 0 atom stereocenters. The van der Waals surface area contributed by atoms with Crippen molar-refractivity contribution in [1.29, 1.82) is 0 Å². The third kappa shape index (κ3) is 5.04. The number of rotatable bonds is 7. The van der Waals surface area contributed by atoms with Crippen LogP contribution in [0.4, 0.5) is 0 Å². The molecule has 0 amide bonds. The lowest BCUT2D eigenvalue weighted by atomic mass is 9.98. The molecule has 0 bridgehead atoms. The standard InChI is InChI=1S/C17H26O3/c1-14(2)18-12-13-19-16-10-6-7-11-17(16)20-15-8-4-3-5-9-15/h6-7,10-11,14-15H,3-5,8-9,12-13H2,1-2H3. The van der Waals surface area contributed by atoms with Gasteiger partial charge < -0.3 is 14.2 Å². The van der Waals surface area contributed by atoms with Crippen molar-refractivity contribution in [2.24, 2.45) is 0 Å². The smallest absolute Gasteiger partial charge is 0.161 e. The number of hydrogen-bond acceptors (Lipinski definition) is 3. The lowest BCUT2D eigenvalue weighted by Crippen LogP contribution is -2.20. The minimum Gasteiger partial charge on any atom is -0.487 e. The molecule has 3 heteroatoms. The van der Waals surface area contributed by atoms with Gasteiger partial charge in [-0.2, -0.15) is 0 Å². The van der Waals surface area contributed by atoms with Crippen LogP contribution in [0.1, 0.15) is 46.0 Å². The van der Waals surface area contributed by atoms with Crippen LogP contribution >= 0.6 is 0 Å². The molecule has 0 N–H and O–H groups in total. The summed E-state index contributed by atoms with van der Waals surface area (Å²) >= 11 is 0. The van der Waals surface area contributed by atoms with Gasteiger partial charge in [0, 0.05) is 0 Å². The van der Waals surface area contributed by atoms with Crippen LogP contribution in [-0.2, 0) is 4.74 Å². The van der Waals surface area contributed by atoms with Gasteiger partial charge in [-0.05, 0) is 51.7 Å². The Balaban J connectivity index is 1.85. The highest BCUT2D eigenvalue weighted by Crippen LogP contribution is 2.30. The van der Waals surface area contributed by atoms with Crippen molar-refractivity contribution in [2.75, 3.05) is 13.2 Å². The second kappa shape index (κ2) is 8.15. The molecule has 1 saturated carbocycles. The maximum Gasteiger partial charge on any atom is 0.161 e. The van der Waals surface area contributed by atoms with Crippen molar-refractivity contribution in [3.05, 3.63) is 24.3 Å². The Morgan fingerprint density at radius 3 is 2.40 bits per heavy atom. The summed E-state index contributed by atoms with van der Waals surface area (Å²) in [6.45, 7) is 5.22. The lowest BCUT2D eigenvalue weighted by Gasteiger charge is -2.24. The molecule has 20 heavy (non-hydrogen) atoms. The van der Waals surface area contributed by atoms with Crippen LogP contribution in [0.3, 0.4) is 0 Å². The number of hydrogen-bond donors (Lipinski definition) is 0. The van der Waals surface area contributed by atoms with E-state index < -0.39 is 0 Å². The van der Waals surface area contributed by atoms with E-state index in [1.54, 1.807) is 0 Å². The van der Waals surface area contributed by atoms with Gasteiger partial charge in [0.25, 0.3) is 0 Å². The Morgan fingerprint density at radius 1 is 1.00 bits per heavy atom. The van der Waals surface area contributed by atoms with E-state index in [0.29, 0.717) is 19.3 Å². The van der Waals surface area contributed by atoms with Crippen LogP contribution in [0, 0.1) is 0 Å². The Hall–Kier alpha value is -1.22. The molecule has 2 rings (SSSR count). The first kappa shape index (κ1) is 15.2. The maximum absolute atomic E-state index is 6.10. The first-order valence-electron chi connectivity index (χ1n) is 7.76. The molecule has 1 fully saturated rings. The highest BCUT2D eigenvalue weighted by Gasteiger charge is 2.16. The molecular weight excluding hydrogens is 252 g/mol. The summed E-state index contributed by atoms with van der Waals surface area (Å²) in [7, 11) is 0. The summed E-state index contributed by atoms with van der Waals surface area (Å²) in [5.41, 5.74) is 0. The van der Waals surface area contributed by atoms with E-state index in [-0.39, 0.29) is 6.10 Å². The van der Waals surface area contributed by atoms with E-state index in [9.17, 15) is 0 Å². The van der Waals surface area contributed by atoms with E-state index >= 15 is 0 Å². The summed E-state index contributed by atoms with van der Waals surface area (Å²) in [6.07, 6.45) is 6.79. The van der Waals surface area contributed by atoms with Crippen LogP contribution in [0.15, 0.2) is 24.3 Å². The largest absolute Gasteiger partial charge is 0.487 e. The normalized spacial score (nSPS) is 16.4. The van der Waals surface area contributed by atoms with Gasteiger partial charge in [-0.3, -0.25) is 0 Å². The van der Waals surface area contributed by atoms with Crippen molar-refractivity contribution in [2.45, 2.75) is 58.2 Å². The van der Waals surface area contributed by atoms with Gasteiger partial charge in [0.15, 0.2) is 11.5 Å². The number of benzene rings is 1. The van der Waals surface area contributed by atoms with E-state index in [0.717, 1.165) is 24.3 Å².